The molecule has 1 amide bonds. The zero-order valence-electron chi connectivity index (χ0n) is 16.3. The molecule has 6 heteroatoms. The molecule has 1 aliphatic heterocycles. The molecule has 2 aromatic rings. The molecule has 2 aliphatic rings. The van der Waals surface area contributed by atoms with Gasteiger partial charge in [-0.05, 0) is 50.6 Å². The van der Waals surface area contributed by atoms with Gasteiger partial charge in [-0.2, -0.15) is 5.10 Å². The van der Waals surface area contributed by atoms with Crippen molar-refractivity contribution in [3.8, 4) is 0 Å². The first-order valence-corrected chi connectivity index (χ1v) is 9.90. The maximum Gasteiger partial charge on any atom is 0.271 e. The summed E-state index contributed by atoms with van der Waals surface area (Å²) < 4.78 is 2.01. The lowest BCUT2D eigenvalue weighted by Crippen LogP contribution is -2.43. The lowest BCUT2D eigenvalue weighted by molar-refractivity contribution is 0.0944. The second-order valence-electron chi connectivity index (χ2n) is 7.94. The lowest BCUT2D eigenvalue weighted by Gasteiger charge is -2.37. The minimum absolute atomic E-state index is 0.0723. The second-order valence-corrected chi connectivity index (χ2v) is 7.94. The van der Waals surface area contributed by atoms with E-state index in [-0.39, 0.29) is 5.91 Å². The van der Waals surface area contributed by atoms with Gasteiger partial charge in [0.15, 0.2) is 0 Å². The summed E-state index contributed by atoms with van der Waals surface area (Å²) in [6.45, 7) is 4.21. The summed E-state index contributed by atoms with van der Waals surface area (Å²) >= 11 is 0. The predicted molar refractivity (Wildman–Crippen MR) is 106 cm³/mol. The van der Waals surface area contributed by atoms with Crippen LogP contribution >= 0.6 is 0 Å². The third kappa shape index (κ3) is 4.06. The van der Waals surface area contributed by atoms with Crippen molar-refractivity contribution in [1.82, 2.24) is 24.9 Å². The Labute approximate surface area is 161 Å². The van der Waals surface area contributed by atoms with Gasteiger partial charge in [-0.15, -0.1) is 0 Å². The van der Waals surface area contributed by atoms with Crippen molar-refractivity contribution in [2.24, 2.45) is 0 Å². The van der Waals surface area contributed by atoms with E-state index in [4.69, 9.17) is 0 Å². The average molecular weight is 367 g/mol. The van der Waals surface area contributed by atoms with E-state index in [0.717, 1.165) is 44.7 Å². The third-order valence-corrected chi connectivity index (χ3v) is 5.74. The molecule has 2 heterocycles. The van der Waals surface area contributed by atoms with Crippen molar-refractivity contribution < 1.29 is 4.79 Å². The summed E-state index contributed by atoms with van der Waals surface area (Å²) in [6, 6.07) is 11.4. The van der Waals surface area contributed by atoms with E-state index in [1.165, 1.54) is 17.5 Å². The Kier molecular flexibility index (Phi) is 5.27. The van der Waals surface area contributed by atoms with Crippen molar-refractivity contribution in [3.05, 3.63) is 52.8 Å². The van der Waals surface area contributed by atoms with E-state index in [1.54, 1.807) is 0 Å². The number of hydrogen-bond donors (Lipinski definition) is 1. The van der Waals surface area contributed by atoms with Crippen molar-refractivity contribution in [3.63, 3.8) is 0 Å². The Morgan fingerprint density at radius 3 is 2.89 bits per heavy atom. The highest BCUT2D eigenvalue weighted by molar-refractivity contribution is 5.92. The van der Waals surface area contributed by atoms with Crippen molar-refractivity contribution in [2.75, 3.05) is 33.7 Å². The quantitative estimate of drug-likeness (QED) is 0.871. The number of aryl methyl sites for hydroxylation is 1. The first-order valence-electron chi connectivity index (χ1n) is 9.90. The van der Waals surface area contributed by atoms with Gasteiger partial charge >= 0.3 is 0 Å². The van der Waals surface area contributed by atoms with Crippen LogP contribution in [-0.4, -0.2) is 65.3 Å². The van der Waals surface area contributed by atoms with Crippen LogP contribution in [0.4, 0.5) is 0 Å². The largest absolute Gasteiger partial charge is 0.349 e. The van der Waals surface area contributed by atoms with Crippen LogP contribution in [0, 0.1) is 0 Å². The first-order chi connectivity index (χ1) is 13.1. The number of aromatic nitrogens is 2. The van der Waals surface area contributed by atoms with Crippen LogP contribution in [0.1, 0.15) is 33.7 Å². The molecule has 6 nitrogen and oxygen atoms in total. The molecule has 1 atom stereocenters. The number of hydrogen-bond acceptors (Lipinski definition) is 4. The fourth-order valence-corrected chi connectivity index (χ4v) is 4.18. The molecule has 1 aromatic carbocycles. The van der Waals surface area contributed by atoms with E-state index >= 15 is 0 Å². The van der Waals surface area contributed by atoms with Gasteiger partial charge in [0.05, 0.1) is 12.2 Å². The SMILES string of the molecule is CN(C)CCNC(=O)c1cc2n(n1)CCN(C1CCc3ccccc3C1)C2. The molecule has 144 valence electrons. The zero-order valence-corrected chi connectivity index (χ0v) is 16.3. The van der Waals surface area contributed by atoms with E-state index in [9.17, 15) is 4.79 Å². The minimum Gasteiger partial charge on any atom is -0.349 e. The van der Waals surface area contributed by atoms with E-state index in [2.05, 4.69) is 44.5 Å². The maximum absolute atomic E-state index is 12.3. The summed E-state index contributed by atoms with van der Waals surface area (Å²) in [6.07, 6.45) is 3.50. The van der Waals surface area contributed by atoms with Crippen LogP contribution in [0.2, 0.25) is 0 Å². The number of nitrogens with one attached hydrogen (secondary N) is 1. The summed E-state index contributed by atoms with van der Waals surface area (Å²) in [5.74, 6) is -0.0723. The van der Waals surface area contributed by atoms with Gasteiger partial charge in [0, 0.05) is 32.2 Å². The molecular weight excluding hydrogens is 338 g/mol. The summed E-state index contributed by atoms with van der Waals surface area (Å²) in [5.41, 5.74) is 4.69. The van der Waals surface area contributed by atoms with Gasteiger partial charge < -0.3 is 10.2 Å². The first kappa shape index (κ1) is 18.2. The van der Waals surface area contributed by atoms with Gasteiger partial charge in [-0.1, -0.05) is 24.3 Å². The van der Waals surface area contributed by atoms with Crippen molar-refractivity contribution in [1.29, 1.82) is 0 Å². The van der Waals surface area contributed by atoms with Crippen LogP contribution in [0.5, 0.6) is 0 Å². The van der Waals surface area contributed by atoms with Gasteiger partial charge in [-0.25, -0.2) is 0 Å². The molecular formula is C21H29N5O. The Hall–Kier alpha value is -2.18. The zero-order chi connectivity index (χ0) is 18.8. The molecule has 1 unspecified atom stereocenters. The Morgan fingerprint density at radius 2 is 2.07 bits per heavy atom. The molecule has 0 saturated heterocycles. The molecule has 27 heavy (non-hydrogen) atoms. The highest BCUT2D eigenvalue weighted by Gasteiger charge is 2.28. The number of likely N-dealkylation sites (N-methyl/N-ethyl adjacent to an activating group) is 1. The summed E-state index contributed by atoms with van der Waals surface area (Å²) in [5, 5.41) is 7.48. The van der Waals surface area contributed by atoms with Crippen LogP contribution < -0.4 is 5.32 Å². The molecule has 0 radical (unpaired) electrons. The molecule has 0 spiro atoms. The number of carbonyl (C=O) groups excluding carboxylic acids is 1. The third-order valence-electron chi connectivity index (χ3n) is 5.74. The molecule has 0 saturated carbocycles. The van der Waals surface area contributed by atoms with Gasteiger partial charge in [0.1, 0.15) is 5.69 Å². The number of rotatable bonds is 5. The van der Waals surface area contributed by atoms with Crippen molar-refractivity contribution >= 4 is 5.91 Å². The highest BCUT2D eigenvalue weighted by atomic mass is 16.1. The molecule has 4 rings (SSSR count). The van der Waals surface area contributed by atoms with Gasteiger partial charge in [-0.3, -0.25) is 14.4 Å². The van der Waals surface area contributed by atoms with Crippen LogP contribution in [0.25, 0.3) is 0 Å². The number of nitrogens with zero attached hydrogens (tertiary/aromatic N) is 4. The fourth-order valence-electron chi connectivity index (χ4n) is 4.18. The Balaban J connectivity index is 1.39. The summed E-state index contributed by atoms with van der Waals surface area (Å²) in [7, 11) is 4.00. The molecule has 1 aliphatic carbocycles. The predicted octanol–water partition coefficient (Wildman–Crippen LogP) is 1.55. The van der Waals surface area contributed by atoms with E-state index in [1.807, 2.05) is 24.8 Å². The fraction of sp³-hybridized carbons (Fsp3) is 0.524. The number of carbonyl (C=O) groups is 1. The van der Waals surface area contributed by atoms with Gasteiger partial charge in [0.25, 0.3) is 5.91 Å². The van der Waals surface area contributed by atoms with Gasteiger partial charge in [0.2, 0.25) is 0 Å². The van der Waals surface area contributed by atoms with E-state index in [0.29, 0.717) is 18.3 Å². The average Bonchev–Trinajstić information content (AvgIpc) is 3.10. The van der Waals surface area contributed by atoms with Crippen LogP contribution in [0.3, 0.4) is 0 Å². The normalized spacial score (nSPS) is 19.6. The highest BCUT2D eigenvalue weighted by Crippen LogP contribution is 2.27. The number of amides is 1. The Bertz CT molecular complexity index is 813. The van der Waals surface area contributed by atoms with E-state index < -0.39 is 0 Å². The maximum atomic E-state index is 12.3. The minimum atomic E-state index is -0.0723. The lowest BCUT2D eigenvalue weighted by atomic mass is 9.87. The molecule has 0 fully saturated rings. The standard InChI is InChI=1S/C21H29N5O/c1-24(2)10-9-22-21(27)20-14-19-15-25(11-12-26(19)23-20)18-8-7-16-5-3-4-6-17(16)13-18/h3-6,14,18H,7-13,15H2,1-2H3,(H,22,27). The summed E-state index contributed by atoms with van der Waals surface area (Å²) in [4.78, 5) is 17.0. The number of fused-ring (bicyclic) bond motifs is 2. The molecule has 0 bridgehead atoms. The topological polar surface area (TPSA) is 53.4 Å². The monoisotopic (exact) mass is 367 g/mol. The smallest absolute Gasteiger partial charge is 0.271 e. The Morgan fingerprint density at radius 1 is 1.26 bits per heavy atom. The molecule has 1 N–H and O–H groups in total. The molecule has 1 aromatic heterocycles. The number of benzene rings is 1. The van der Waals surface area contributed by atoms with Crippen LogP contribution in [0.15, 0.2) is 30.3 Å². The second kappa shape index (κ2) is 7.82. The van der Waals surface area contributed by atoms with Crippen molar-refractivity contribution in [2.45, 2.75) is 38.4 Å². The van der Waals surface area contributed by atoms with Crippen LogP contribution in [-0.2, 0) is 25.9 Å².